The highest BCUT2D eigenvalue weighted by Crippen LogP contribution is 2.42. The lowest BCUT2D eigenvalue weighted by Crippen LogP contribution is -2.40. The van der Waals surface area contributed by atoms with Crippen LogP contribution in [0.2, 0.25) is 0 Å². The molecule has 2 aliphatic heterocycles. The van der Waals surface area contributed by atoms with Crippen LogP contribution >= 0.6 is 15.9 Å². The molecule has 2 aliphatic rings. The Hall–Kier alpha value is -1.71. The number of nitrogens with zero attached hydrogens (tertiary/aromatic N) is 1. The number of rotatable bonds is 5. The third-order valence-electron chi connectivity index (χ3n) is 6.00. The molecule has 1 saturated heterocycles. The third-order valence-corrected chi connectivity index (χ3v) is 8.43. The van der Waals surface area contributed by atoms with Crippen LogP contribution in [0.4, 0.5) is 14.5 Å². The zero-order valence-corrected chi connectivity index (χ0v) is 19.8. The summed E-state index contributed by atoms with van der Waals surface area (Å²) in [5, 5.41) is 3.45. The molecule has 0 aliphatic carbocycles. The van der Waals surface area contributed by atoms with Crippen LogP contribution in [-0.4, -0.2) is 38.5 Å². The Morgan fingerprint density at radius 2 is 1.87 bits per heavy atom. The van der Waals surface area contributed by atoms with Gasteiger partial charge in [0.2, 0.25) is 10.0 Å². The number of hydrogen-bond donors (Lipinski definition) is 1. The van der Waals surface area contributed by atoms with Crippen molar-refractivity contribution in [2.75, 3.05) is 25.0 Å². The fourth-order valence-corrected chi connectivity index (χ4v) is 6.43. The summed E-state index contributed by atoms with van der Waals surface area (Å²) in [6.45, 7) is 4.21. The van der Waals surface area contributed by atoms with Gasteiger partial charge in [0, 0.05) is 42.6 Å². The first kappa shape index (κ1) is 22.5. The van der Waals surface area contributed by atoms with Crippen molar-refractivity contribution in [2.24, 2.45) is 5.92 Å². The van der Waals surface area contributed by atoms with Crippen LogP contribution in [-0.2, 0) is 10.0 Å². The molecule has 1 unspecified atom stereocenters. The van der Waals surface area contributed by atoms with Crippen molar-refractivity contribution in [1.29, 1.82) is 0 Å². The number of benzene rings is 2. The Morgan fingerprint density at radius 1 is 1.16 bits per heavy atom. The first-order chi connectivity index (χ1) is 14.5. The Labute approximate surface area is 190 Å². The van der Waals surface area contributed by atoms with Crippen molar-refractivity contribution in [3.05, 3.63) is 52.0 Å². The number of alkyl halides is 2. The van der Waals surface area contributed by atoms with Gasteiger partial charge in [-0.2, -0.15) is 13.1 Å². The van der Waals surface area contributed by atoms with Crippen LogP contribution < -0.4 is 10.1 Å². The maximum absolute atomic E-state index is 13.5. The number of piperidine rings is 1. The lowest BCUT2D eigenvalue weighted by atomic mass is 9.81. The zero-order valence-electron chi connectivity index (χ0n) is 17.4. The molecule has 2 heterocycles. The van der Waals surface area contributed by atoms with Crippen LogP contribution in [0, 0.1) is 12.8 Å². The second-order valence-corrected chi connectivity index (χ2v) is 11.1. The molecule has 0 bridgehead atoms. The van der Waals surface area contributed by atoms with E-state index in [2.05, 4.69) is 51.1 Å². The van der Waals surface area contributed by atoms with E-state index < -0.39 is 16.1 Å². The summed E-state index contributed by atoms with van der Waals surface area (Å²) in [4.78, 5) is -0.237. The van der Waals surface area contributed by atoms with Crippen LogP contribution in [0.1, 0.15) is 36.8 Å². The van der Waals surface area contributed by atoms with Crippen molar-refractivity contribution < 1.29 is 21.9 Å². The van der Waals surface area contributed by atoms with E-state index in [0.717, 1.165) is 25.1 Å². The van der Waals surface area contributed by atoms with E-state index in [9.17, 15) is 17.2 Å². The second-order valence-electron chi connectivity index (χ2n) is 8.32. The van der Waals surface area contributed by atoms with E-state index in [4.69, 9.17) is 0 Å². The van der Waals surface area contributed by atoms with Crippen LogP contribution in [0.5, 0.6) is 5.75 Å². The number of aryl methyl sites for hydroxylation is 1. The molecule has 2 aromatic rings. The molecule has 1 atom stereocenters. The first-order valence-electron chi connectivity index (χ1n) is 10.3. The predicted molar refractivity (Wildman–Crippen MR) is 119 cm³/mol. The second kappa shape index (κ2) is 8.33. The molecule has 9 heteroatoms. The number of fused-ring (bicyclic) bond motifs is 1. The summed E-state index contributed by atoms with van der Waals surface area (Å²) in [7, 11) is -3.96. The highest BCUT2D eigenvalue weighted by atomic mass is 79.9. The minimum atomic E-state index is -3.96. The maximum Gasteiger partial charge on any atom is 0.394 e. The molecule has 2 aromatic carbocycles. The molecule has 0 spiro atoms. The number of hydrogen-bond acceptors (Lipinski definition) is 4. The van der Waals surface area contributed by atoms with Crippen molar-refractivity contribution >= 4 is 31.6 Å². The minimum Gasteiger partial charge on any atom is -0.431 e. The number of sulfonamides is 1. The summed E-state index contributed by atoms with van der Waals surface area (Å²) in [5.74, 6) is 0.362. The van der Waals surface area contributed by atoms with Gasteiger partial charge in [0.05, 0.1) is 0 Å². The normalized spacial score (nSPS) is 20.4. The van der Waals surface area contributed by atoms with Crippen molar-refractivity contribution in [3.63, 3.8) is 0 Å². The SMILES string of the molecule is Cc1ccc2c(c1)C(C1CCN(S(=O)(=O)c3ccc(Br)cc3OC(C)(F)F)CC1)CN2. The van der Waals surface area contributed by atoms with Gasteiger partial charge in [-0.1, -0.05) is 33.6 Å². The van der Waals surface area contributed by atoms with Crippen molar-refractivity contribution in [1.82, 2.24) is 4.31 Å². The molecular formula is C22H25BrF2N2O3S. The average molecular weight is 515 g/mol. The lowest BCUT2D eigenvalue weighted by Gasteiger charge is -2.34. The molecule has 31 heavy (non-hydrogen) atoms. The summed E-state index contributed by atoms with van der Waals surface area (Å²) < 4.78 is 60.0. The van der Waals surface area contributed by atoms with Gasteiger partial charge >= 0.3 is 6.11 Å². The molecule has 0 saturated carbocycles. The minimum absolute atomic E-state index is 0.237. The van der Waals surface area contributed by atoms with Gasteiger partial charge in [-0.05, 0) is 55.5 Å². The fourth-order valence-electron chi connectivity index (χ4n) is 4.53. The molecule has 1 N–H and O–H groups in total. The molecule has 5 nitrogen and oxygen atoms in total. The summed E-state index contributed by atoms with van der Waals surface area (Å²) in [6, 6.07) is 10.5. The average Bonchev–Trinajstić information content (AvgIpc) is 3.09. The zero-order chi connectivity index (χ0) is 22.4. The van der Waals surface area contributed by atoms with E-state index in [-0.39, 0.29) is 10.6 Å². The molecule has 1 fully saturated rings. The van der Waals surface area contributed by atoms with E-state index in [0.29, 0.717) is 36.3 Å². The Kier molecular flexibility index (Phi) is 6.04. The van der Waals surface area contributed by atoms with Gasteiger partial charge in [0.25, 0.3) is 0 Å². The molecule has 168 valence electrons. The van der Waals surface area contributed by atoms with Crippen LogP contribution in [0.25, 0.3) is 0 Å². The smallest absolute Gasteiger partial charge is 0.394 e. The summed E-state index contributed by atoms with van der Waals surface area (Å²) >= 11 is 3.19. The van der Waals surface area contributed by atoms with Crippen LogP contribution in [0.3, 0.4) is 0 Å². The van der Waals surface area contributed by atoms with Gasteiger partial charge in [-0.25, -0.2) is 8.42 Å². The predicted octanol–water partition coefficient (Wildman–Crippen LogP) is 5.36. The largest absolute Gasteiger partial charge is 0.431 e. The Bertz CT molecular complexity index is 1080. The molecular weight excluding hydrogens is 490 g/mol. The van der Waals surface area contributed by atoms with Gasteiger partial charge in [0.1, 0.15) is 10.6 Å². The Morgan fingerprint density at radius 3 is 2.55 bits per heavy atom. The van der Waals surface area contributed by atoms with Gasteiger partial charge in [-0.3, -0.25) is 0 Å². The number of halogens is 3. The van der Waals surface area contributed by atoms with Crippen molar-refractivity contribution in [3.8, 4) is 5.75 Å². The van der Waals surface area contributed by atoms with Gasteiger partial charge in [-0.15, -0.1) is 0 Å². The topological polar surface area (TPSA) is 58.6 Å². The van der Waals surface area contributed by atoms with E-state index in [1.54, 1.807) is 0 Å². The number of ether oxygens (including phenoxy) is 1. The van der Waals surface area contributed by atoms with E-state index in [1.807, 2.05) is 0 Å². The highest BCUT2D eigenvalue weighted by Gasteiger charge is 2.37. The first-order valence-corrected chi connectivity index (χ1v) is 12.5. The standard InChI is InChI=1S/C22H25BrF2N2O3S/c1-14-3-5-19-17(11-14)18(13-26-19)15-7-9-27(10-8-15)31(28,29)21-6-4-16(23)12-20(21)30-22(2,24)25/h3-6,11-12,15,18,26H,7-10,13H2,1-2H3. The third kappa shape index (κ3) is 4.73. The van der Waals surface area contributed by atoms with Gasteiger partial charge in [0.15, 0.2) is 0 Å². The molecule has 4 rings (SSSR count). The summed E-state index contributed by atoms with van der Waals surface area (Å²) in [6.07, 6.45) is -2.05. The molecule has 0 radical (unpaired) electrons. The molecule has 0 aromatic heterocycles. The molecule has 0 amide bonds. The number of nitrogens with one attached hydrogen (secondary N) is 1. The quantitative estimate of drug-likeness (QED) is 0.583. The Balaban J connectivity index is 1.51. The summed E-state index contributed by atoms with van der Waals surface area (Å²) in [5.41, 5.74) is 3.67. The van der Waals surface area contributed by atoms with Gasteiger partial charge < -0.3 is 10.1 Å². The number of anilines is 1. The van der Waals surface area contributed by atoms with Crippen molar-refractivity contribution in [2.45, 2.75) is 43.6 Å². The monoisotopic (exact) mass is 514 g/mol. The van der Waals surface area contributed by atoms with Crippen LogP contribution in [0.15, 0.2) is 45.8 Å². The maximum atomic E-state index is 13.5. The van der Waals surface area contributed by atoms with E-state index >= 15 is 0 Å². The lowest BCUT2D eigenvalue weighted by molar-refractivity contribution is -0.160. The highest BCUT2D eigenvalue weighted by molar-refractivity contribution is 9.10. The van der Waals surface area contributed by atoms with E-state index in [1.165, 1.54) is 33.6 Å². The fraction of sp³-hybridized carbons (Fsp3) is 0.455.